The van der Waals surface area contributed by atoms with E-state index in [9.17, 15) is 15.2 Å². The van der Waals surface area contributed by atoms with E-state index in [-0.39, 0.29) is 16.7 Å². The zero-order chi connectivity index (χ0) is 15.6. The van der Waals surface area contributed by atoms with Crippen molar-refractivity contribution in [1.29, 1.82) is 0 Å². The molecule has 1 unspecified atom stereocenters. The van der Waals surface area contributed by atoms with Crippen molar-refractivity contribution in [3.8, 4) is 10.8 Å². The van der Waals surface area contributed by atoms with Gasteiger partial charge in [-0.3, -0.25) is 10.1 Å². The number of hydrogen-bond acceptors (Lipinski definition) is 5. The van der Waals surface area contributed by atoms with Crippen molar-refractivity contribution < 1.29 is 14.8 Å². The van der Waals surface area contributed by atoms with Crippen molar-refractivity contribution in [2.75, 3.05) is 0 Å². The van der Waals surface area contributed by atoms with Gasteiger partial charge in [0.15, 0.2) is 0 Å². The smallest absolute Gasteiger partial charge is 0.323 e. The summed E-state index contributed by atoms with van der Waals surface area (Å²) < 4.78 is 5.76. The molecule has 112 valence electrons. The minimum absolute atomic E-state index is 0.116. The Balaban J connectivity index is 2.42. The Morgan fingerprint density at radius 3 is 2.52 bits per heavy atom. The summed E-state index contributed by atoms with van der Waals surface area (Å²) in [5.41, 5.74) is 0.869. The fourth-order valence-corrected chi connectivity index (χ4v) is 2.86. The van der Waals surface area contributed by atoms with Crippen molar-refractivity contribution in [2.24, 2.45) is 0 Å². The van der Waals surface area contributed by atoms with E-state index in [2.05, 4.69) is 0 Å². The van der Waals surface area contributed by atoms with E-state index in [1.807, 2.05) is 32.0 Å². The summed E-state index contributed by atoms with van der Waals surface area (Å²) >= 11 is 1.10. The molecule has 1 heterocycles. The Morgan fingerprint density at radius 2 is 1.95 bits per heavy atom. The Morgan fingerprint density at radius 1 is 1.29 bits per heavy atom. The van der Waals surface area contributed by atoms with E-state index in [1.165, 1.54) is 6.07 Å². The number of rotatable bonds is 5. The molecule has 1 aromatic heterocycles. The molecule has 21 heavy (non-hydrogen) atoms. The third-order valence-electron chi connectivity index (χ3n) is 3.05. The van der Waals surface area contributed by atoms with Gasteiger partial charge in [-0.25, -0.2) is 0 Å². The predicted octanol–water partition coefficient (Wildman–Crippen LogP) is 4.63. The lowest BCUT2D eigenvalue weighted by Gasteiger charge is -2.12. The highest BCUT2D eigenvalue weighted by atomic mass is 32.1. The summed E-state index contributed by atoms with van der Waals surface area (Å²) in [4.78, 5) is 11.1. The van der Waals surface area contributed by atoms with Gasteiger partial charge in [-0.2, -0.15) is 0 Å². The molecule has 0 bridgehead atoms. The molecule has 2 aromatic rings. The maximum Gasteiger partial charge on any atom is 0.323 e. The van der Waals surface area contributed by atoms with Gasteiger partial charge in [-0.1, -0.05) is 43.4 Å². The van der Waals surface area contributed by atoms with Crippen LogP contribution in [0.15, 0.2) is 30.3 Å². The molecule has 0 saturated carbocycles. The molecule has 0 saturated heterocycles. The van der Waals surface area contributed by atoms with Gasteiger partial charge in [0, 0.05) is 10.9 Å². The first-order valence-electron chi connectivity index (χ1n) is 6.63. The van der Waals surface area contributed by atoms with Crippen molar-refractivity contribution in [1.82, 2.24) is 0 Å². The van der Waals surface area contributed by atoms with Crippen molar-refractivity contribution in [2.45, 2.75) is 32.8 Å². The molecule has 0 spiro atoms. The van der Waals surface area contributed by atoms with Crippen LogP contribution >= 0.6 is 11.3 Å². The summed E-state index contributed by atoms with van der Waals surface area (Å²) in [5, 5.41) is 20.9. The number of nitrogens with zero attached hydrogens (tertiary/aromatic N) is 1. The van der Waals surface area contributed by atoms with E-state index in [0.29, 0.717) is 10.6 Å². The van der Waals surface area contributed by atoms with Gasteiger partial charge in [-0.05, 0) is 24.5 Å². The van der Waals surface area contributed by atoms with Crippen LogP contribution in [-0.4, -0.2) is 10.0 Å². The lowest BCUT2D eigenvalue weighted by atomic mass is 10.0. The second-order valence-electron chi connectivity index (χ2n) is 5.05. The molecule has 0 aliphatic heterocycles. The highest BCUT2D eigenvalue weighted by Crippen LogP contribution is 2.43. The zero-order valence-corrected chi connectivity index (χ0v) is 12.9. The fraction of sp³-hybridized carbons (Fsp3) is 0.333. The Kier molecular flexibility index (Phi) is 4.59. The van der Waals surface area contributed by atoms with E-state index < -0.39 is 11.0 Å². The second kappa shape index (κ2) is 6.24. The third kappa shape index (κ3) is 3.40. The lowest BCUT2D eigenvalue weighted by Crippen LogP contribution is -1.94. The van der Waals surface area contributed by atoms with Gasteiger partial charge in [0.1, 0.15) is 5.75 Å². The topological polar surface area (TPSA) is 72.6 Å². The number of aliphatic hydroxyl groups excluding tert-OH is 1. The molecule has 0 fully saturated rings. The molecule has 1 aromatic carbocycles. The minimum Gasteiger partial charge on any atom is -0.440 e. The molecule has 0 amide bonds. The number of thiophene rings is 1. The van der Waals surface area contributed by atoms with Crippen molar-refractivity contribution in [3.63, 3.8) is 0 Å². The predicted molar refractivity (Wildman–Crippen MR) is 82.2 cm³/mol. The molecule has 6 heteroatoms. The number of aliphatic hydroxyl groups is 1. The average Bonchev–Trinajstić information content (AvgIpc) is 2.83. The van der Waals surface area contributed by atoms with Gasteiger partial charge in [0.25, 0.3) is 5.06 Å². The van der Waals surface area contributed by atoms with Gasteiger partial charge in [0.05, 0.1) is 11.0 Å². The number of hydrogen-bond donors (Lipinski definition) is 1. The molecule has 1 atom stereocenters. The molecule has 2 rings (SSSR count). The van der Waals surface area contributed by atoms with Crippen LogP contribution < -0.4 is 4.74 Å². The lowest BCUT2D eigenvalue weighted by molar-refractivity contribution is -0.385. The SMILES string of the molecule is CC(C)c1ccccc1Oc1sc(C(C)O)cc1[N+](=O)[O-]. The standard InChI is InChI=1S/C15H17NO4S/c1-9(2)11-6-4-5-7-13(11)20-15-12(16(18)19)8-14(21-15)10(3)17/h4-10,17H,1-3H3. The molecule has 0 aliphatic rings. The monoisotopic (exact) mass is 307 g/mol. The largest absolute Gasteiger partial charge is 0.440 e. The molecule has 0 aliphatic carbocycles. The van der Waals surface area contributed by atoms with Crippen molar-refractivity contribution in [3.05, 3.63) is 50.9 Å². The van der Waals surface area contributed by atoms with Gasteiger partial charge >= 0.3 is 5.69 Å². The molecular weight excluding hydrogens is 290 g/mol. The zero-order valence-electron chi connectivity index (χ0n) is 12.1. The molecule has 5 nitrogen and oxygen atoms in total. The van der Waals surface area contributed by atoms with Crippen LogP contribution in [0.3, 0.4) is 0 Å². The van der Waals surface area contributed by atoms with E-state index in [4.69, 9.17) is 4.74 Å². The van der Waals surface area contributed by atoms with Crippen LogP contribution in [-0.2, 0) is 0 Å². The summed E-state index contributed by atoms with van der Waals surface area (Å²) in [5.74, 6) is 0.853. The number of para-hydroxylation sites is 1. The Hall–Kier alpha value is -1.92. The van der Waals surface area contributed by atoms with E-state index >= 15 is 0 Å². The first-order chi connectivity index (χ1) is 9.90. The van der Waals surface area contributed by atoms with Crippen LogP contribution in [0.25, 0.3) is 0 Å². The second-order valence-corrected chi connectivity index (χ2v) is 6.10. The maximum absolute atomic E-state index is 11.1. The number of ether oxygens (including phenoxy) is 1. The fourth-order valence-electron chi connectivity index (χ4n) is 1.94. The van der Waals surface area contributed by atoms with Crippen LogP contribution in [0.5, 0.6) is 10.8 Å². The van der Waals surface area contributed by atoms with Gasteiger partial charge in [-0.15, -0.1) is 0 Å². The first kappa shape index (κ1) is 15.5. The maximum atomic E-state index is 11.1. The highest BCUT2D eigenvalue weighted by Gasteiger charge is 2.23. The van der Waals surface area contributed by atoms with Crippen molar-refractivity contribution >= 4 is 17.0 Å². The average molecular weight is 307 g/mol. The summed E-state index contributed by atoms with van der Waals surface area (Å²) in [6.45, 7) is 5.64. The number of nitro groups is 1. The number of benzene rings is 1. The summed E-state index contributed by atoms with van der Waals surface area (Å²) in [6, 6.07) is 8.83. The third-order valence-corrected chi connectivity index (χ3v) is 4.22. The van der Waals surface area contributed by atoms with E-state index in [1.54, 1.807) is 13.0 Å². The van der Waals surface area contributed by atoms with Gasteiger partial charge in [0.2, 0.25) is 0 Å². The molecular formula is C15H17NO4S. The van der Waals surface area contributed by atoms with Crippen LogP contribution in [0.2, 0.25) is 0 Å². The first-order valence-corrected chi connectivity index (χ1v) is 7.44. The molecule has 1 N–H and O–H groups in total. The van der Waals surface area contributed by atoms with Crippen LogP contribution in [0, 0.1) is 10.1 Å². The van der Waals surface area contributed by atoms with Gasteiger partial charge < -0.3 is 9.84 Å². The normalized spacial score (nSPS) is 12.4. The van der Waals surface area contributed by atoms with Crippen LogP contribution in [0.1, 0.15) is 43.2 Å². The minimum atomic E-state index is -0.758. The van der Waals surface area contributed by atoms with E-state index in [0.717, 1.165) is 16.9 Å². The summed E-state index contributed by atoms with van der Waals surface area (Å²) in [6.07, 6.45) is -0.758. The quantitative estimate of drug-likeness (QED) is 0.646. The van der Waals surface area contributed by atoms with Crippen LogP contribution in [0.4, 0.5) is 5.69 Å². The summed E-state index contributed by atoms with van der Waals surface area (Å²) in [7, 11) is 0. The Bertz CT molecular complexity index is 649. The Labute approximate surface area is 127 Å². The molecule has 0 radical (unpaired) electrons. The highest BCUT2D eigenvalue weighted by molar-refractivity contribution is 7.14.